The van der Waals surface area contributed by atoms with E-state index in [9.17, 15) is 28.6 Å². The molecule has 0 aromatic rings. The lowest BCUT2D eigenvalue weighted by Gasteiger charge is -2.20. The highest BCUT2D eigenvalue weighted by Gasteiger charge is 2.28. The van der Waals surface area contributed by atoms with E-state index >= 15 is 0 Å². The smallest absolute Gasteiger partial charge is 0.472 e. The molecule has 0 aliphatic carbocycles. The van der Waals surface area contributed by atoms with Crippen LogP contribution in [0, 0.1) is 0 Å². The summed E-state index contributed by atoms with van der Waals surface area (Å²) in [6.07, 6.45) is 37.1. The molecule has 0 saturated heterocycles. The van der Waals surface area contributed by atoms with Crippen LogP contribution in [0.2, 0.25) is 0 Å². The maximum absolute atomic E-state index is 12.6. The van der Waals surface area contributed by atoms with Crippen LogP contribution in [0.5, 0.6) is 0 Å². The lowest BCUT2D eigenvalue weighted by Crippen LogP contribution is -2.34. The van der Waals surface area contributed by atoms with Crippen molar-refractivity contribution in [3.63, 3.8) is 0 Å². The number of phosphoric acid groups is 1. The van der Waals surface area contributed by atoms with Gasteiger partial charge in [-0.05, 0) is 70.3 Å². The third kappa shape index (κ3) is 36.3. The molecule has 0 aromatic carbocycles. The summed E-state index contributed by atoms with van der Waals surface area (Å²) in [7, 11) is -4.75. The minimum Gasteiger partial charge on any atom is -0.480 e. The molecule has 0 spiro atoms. The largest absolute Gasteiger partial charge is 0.480 e. The first kappa shape index (κ1) is 51.9. The first-order chi connectivity index (χ1) is 26.5. The fraction of sp³-hybridized carbons (Fsp3) is 0.667. The highest BCUT2D eigenvalue weighted by Crippen LogP contribution is 2.43. The van der Waals surface area contributed by atoms with Gasteiger partial charge in [0.05, 0.1) is 13.2 Å². The number of hydrogen-bond donors (Lipinski definition) is 3. The number of allylic oxidation sites excluding steroid dienone is 10. The molecule has 0 heterocycles. The maximum Gasteiger partial charge on any atom is 0.472 e. The van der Waals surface area contributed by atoms with Crippen LogP contribution in [0.4, 0.5) is 0 Å². The molecule has 0 amide bonds. The number of nitrogens with two attached hydrogens (primary N) is 1. The van der Waals surface area contributed by atoms with Crippen molar-refractivity contribution >= 4 is 31.5 Å². The molecule has 0 aliphatic rings. The van der Waals surface area contributed by atoms with E-state index < -0.39 is 57.7 Å². The average Bonchev–Trinajstić information content (AvgIpc) is 3.15. The number of esters is 2. The fourth-order valence-corrected chi connectivity index (χ4v) is 5.72. The quantitative estimate of drug-likeness (QED) is 0.0135. The van der Waals surface area contributed by atoms with Crippen molar-refractivity contribution in [3.8, 4) is 0 Å². The van der Waals surface area contributed by atoms with Crippen LogP contribution in [0.25, 0.3) is 0 Å². The number of rotatable bonds is 37. The summed E-state index contributed by atoms with van der Waals surface area (Å²) in [6, 6.07) is -1.54. The molecule has 314 valence electrons. The Morgan fingerprint density at radius 1 is 0.618 bits per heavy atom. The molecule has 0 radical (unpaired) electrons. The minimum absolute atomic E-state index is 0.0551. The van der Waals surface area contributed by atoms with E-state index in [0.717, 1.165) is 70.6 Å². The highest BCUT2D eigenvalue weighted by molar-refractivity contribution is 7.47. The monoisotopic (exact) mass is 795 g/mol. The van der Waals surface area contributed by atoms with Crippen LogP contribution >= 0.6 is 7.82 Å². The van der Waals surface area contributed by atoms with Gasteiger partial charge in [0, 0.05) is 19.3 Å². The van der Waals surface area contributed by atoms with Gasteiger partial charge in [-0.25, -0.2) is 4.57 Å². The Hall–Kier alpha value is -3.15. The summed E-state index contributed by atoms with van der Waals surface area (Å²) in [4.78, 5) is 57.5. The molecule has 0 saturated carbocycles. The molecule has 4 N–H and O–H groups in total. The van der Waals surface area contributed by atoms with Crippen molar-refractivity contribution in [1.82, 2.24) is 0 Å². The van der Waals surface area contributed by atoms with Crippen molar-refractivity contribution in [2.24, 2.45) is 5.73 Å². The standard InChI is InChI=1S/C42H70NO11P/c1-3-5-7-8-9-10-11-12-15-18-21-24-28-32-40(45)51-34-38(35-52-55(49,50)53-36-39(43)42(47)48)54-41(46)33-29-25-22-19-16-13-14-17-20-23-27-31-37(44)30-26-6-4-2/h10-11,13-14,19-20,22-23,27,31,38-39H,3-9,12,15-18,21,24-26,28-30,32-36,43H2,1-2H3,(H,47,48)(H,49,50)/b11-10-,14-13-,22-19-,23-20-,31-27+/t38-,39+/m1/s1. The van der Waals surface area contributed by atoms with Gasteiger partial charge in [-0.1, -0.05) is 120 Å². The highest BCUT2D eigenvalue weighted by atomic mass is 31.2. The summed E-state index contributed by atoms with van der Waals surface area (Å²) in [6.45, 7) is 2.52. The van der Waals surface area contributed by atoms with E-state index in [2.05, 4.69) is 30.5 Å². The van der Waals surface area contributed by atoms with Gasteiger partial charge >= 0.3 is 25.7 Å². The summed E-state index contributed by atoms with van der Waals surface area (Å²) in [5.41, 5.74) is 5.31. The predicted octanol–water partition coefficient (Wildman–Crippen LogP) is 9.57. The van der Waals surface area contributed by atoms with Gasteiger partial charge in [0.25, 0.3) is 0 Å². The molecule has 1 unspecified atom stereocenters. The van der Waals surface area contributed by atoms with Gasteiger partial charge in [-0.15, -0.1) is 0 Å². The number of unbranched alkanes of at least 4 members (excludes halogenated alkanes) is 12. The van der Waals surface area contributed by atoms with Crippen LogP contribution in [0.3, 0.4) is 0 Å². The van der Waals surface area contributed by atoms with Gasteiger partial charge in [0.2, 0.25) is 0 Å². The predicted molar refractivity (Wildman–Crippen MR) is 217 cm³/mol. The zero-order valence-corrected chi connectivity index (χ0v) is 34.4. The number of carbonyl (C=O) groups is 4. The molecule has 3 atom stereocenters. The first-order valence-corrected chi connectivity index (χ1v) is 21.8. The molecular formula is C42H70NO11P. The van der Waals surface area contributed by atoms with Crippen molar-refractivity contribution < 1.29 is 52.3 Å². The molecule has 0 rings (SSSR count). The minimum atomic E-state index is -4.75. The fourth-order valence-electron chi connectivity index (χ4n) is 4.95. The summed E-state index contributed by atoms with van der Waals surface area (Å²) < 4.78 is 32.5. The Morgan fingerprint density at radius 3 is 1.84 bits per heavy atom. The normalized spacial score (nSPS) is 14.3. The number of phosphoric ester groups is 1. The molecule has 12 nitrogen and oxygen atoms in total. The van der Waals surface area contributed by atoms with Crippen molar-refractivity contribution in [2.45, 2.75) is 161 Å². The second kappa shape index (κ2) is 36.5. The summed E-state index contributed by atoms with van der Waals surface area (Å²) in [5.74, 6) is -2.36. The van der Waals surface area contributed by atoms with Crippen LogP contribution in [-0.4, -0.2) is 65.7 Å². The number of hydrogen-bond acceptors (Lipinski definition) is 10. The second-order valence-electron chi connectivity index (χ2n) is 13.4. The van der Waals surface area contributed by atoms with Gasteiger partial charge in [-0.3, -0.25) is 28.2 Å². The first-order valence-electron chi connectivity index (χ1n) is 20.3. The Morgan fingerprint density at radius 2 is 1.15 bits per heavy atom. The van der Waals surface area contributed by atoms with E-state index in [1.165, 1.54) is 25.7 Å². The number of carboxylic acid groups (broad SMARTS) is 1. The van der Waals surface area contributed by atoms with E-state index in [1.54, 1.807) is 12.2 Å². The number of carbonyl (C=O) groups excluding carboxylic acids is 3. The Balaban J connectivity index is 4.58. The van der Waals surface area contributed by atoms with E-state index in [0.29, 0.717) is 25.7 Å². The zero-order chi connectivity index (χ0) is 40.8. The van der Waals surface area contributed by atoms with E-state index in [1.807, 2.05) is 36.5 Å². The van der Waals surface area contributed by atoms with Crippen LogP contribution < -0.4 is 5.73 Å². The lowest BCUT2D eigenvalue weighted by molar-refractivity contribution is -0.161. The molecule has 0 fully saturated rings. The second-order valence-corrected chi connectivity index (χ2v) is 14.9. The molecule has 55 heavy (non-hydrogen) atoms. The Kier molecular flexibility index (Phi) is 34.4. The summed E-state index contributed by atoms with van der Waals surface area (Å²) in [5, 5.41) is 8.87. The molecule has 0 bridgehead atoms. The molecule has 0 aromatic heterocycles. The third-order valence-corrected chi connectivity index (χ3v) is 9.17. The molecule has 0 aliphatic heterocycles. The third-order valence-electron chi connectivity index (χ3n) is 8.21. The van der Waals surface area contributed by atoms with Gasteiger partial charge in [0.1, 0.15) is 12.6 Å². The van der Waals surface area contributed by atoms with Gasteiger partial charge in [0.15, 0.2) is 11.9 Å². The maximum atomic E-state index is 12.6. The summed E-state index contributed by atoms with van der Waals surface area (Å²) >= 11 is 0. The SMILES string of the molecule is CCCCCC/C=C\CCCCCCCC(=O)OC[C@H](COP(=O)(O)OC[C@H](N)C(=O)O)OC(=O)CCC/C=C\C/C=C\C/C=C\C=C\C(=O)CCCCC. The zero-order valence-electron chi connectivity index (χ0n) is 33.5. The molecular weight excluding hydrogens is 725 g/mol. The molecule has 13 heteroatoms. The number of aliphatic carboxylic acids is 1. The van der Waals surface area contributed by atoms with Crippen molar-refractivity contribution in [2.75, 3.05) is 19.8 Å². The van der Waals surface area contributed by atoms with Crippen LogP contribution in [0.15, 0.2) is 60.8 Å². The van der Waals surface area contributed by atoms with Crippen LogP contribution in [0.1, 0.15) is 149 Å². The average molecular weight is 796 g/mol. The Bertz CT molecular complexity index is 1230. The van der Waals surface area contributed by atoms with Gasteiger partial charge in [-0.2, -0.15) is 0 Å². The van der Waals surface area contributed by atoms with E-state index in [-0.39, 0.29) is 18.6 Å². The van der Waals surface area contributed by atoms with Crippen molar-refractivity contribution in [3.05, 3.63) is 60.8 Å². The topological polar surface area (TPSA) is 189 Å². The van der Waals surface area contributed by atoms with Gasteiger partial charge < -0.3 is 25.2 Å². The number of ketones is 1. The Labute approximate surface area is 330 Å². The van der Waals surface area contributed by atoms with Crippen LogP contribution in [-0.2, 0) is 42.3 Å². The lowest BCUT2D eigenvalue weighted by atomic mass is 10.1. The van der Waals surface area contributed by atoms with E-state index in [4.69, 9.17) is 24.8 Å². The number of ether oxygens (including phenoxy) is 2. The number of carboxylic acids is 1. The van der Waals surface area contributed by atoms with Crippen molar-refractivity contribution in [1.29, 1.82) is 0 Å².